The molecule has 0 unspecified atom stereocenters. The fraction of sp³-hybridized carbons (Fsp3) is 0.0741. The van der Waals surface area contributed by atoms with Crippen molar-refractivity contribution in [2.45, 2.75) is 11.4 Å². The summed E-state index contributed by atoms with van der Waals surface area (Å²) in [7, 11) is 0. The highest BCUT2D eigenvalue weighted by Gasteiger charge is 2.15. The van der Waals surface area contributed by atoms with E-state index in [9.17, 15) is 0 Å². The van der Waals surface area contributed by atoms with Gasteiger partial charge in [0, 0.05) is 21.6 Å². The number of aromatic nitrogens is 1. The number of pyridine rings is 1. The molecule has 0 atom stereocenters. The van der Waals surface area contributed by atoms with Gasteiger partial charge in [0.1, 0.15) is 0 Å². The van der Waals surface area contributed by atoms with Crippen LogP contribution in [-0.4, -0.2) is 4.98 Å². The van der Waals surface area contributed by atoms with E-state index in [1.54, 1.807) is 0 Å². The lowest BCUT2D eigenvalue weighted by Crippen LogP contribution is -1.92. The van der Waals surface area contributed by atoms with Crippen molar-refractivity contribution in [1.29, 1.82) is 0 Å². The van der Waals surface area contributed by atoms with Crippen molar-refractivity contribution in [3.63, 3.8) is 0 Å². The third-order valence-corrected chi connectivity index (χ3v) is 6.95. The van der Waals surface area contributed by atoms with Crippen LogP contribution in [0.3, 0.4) is 0 Å². The van der Waals surface area contributed by atoms with Crippen molar-refractivity contribution in [2.75, 3.05) is 0 Å². The molecule has 0 saturated heterocycles. The second-order valence-electron chi connectivity index (χ2n) is 7.76. The minimum absolute atomic E-state index is 1.02. The van der Waals surface area contributed by atoms with Crippen molar-refractivity contribution in [1.82, 2.24) is 4.98 Å². The predicted octanol–water partition coefficient (Wildman–Crippen LogP) is 8.04. The summed E-state index contributed by atoms with van der Waals surface area (Å²) in [5.74, 6) is 0. The van der Waals surface area contributed by atoms with E-state index in [1.807, 2.05) is 12.3 Å². The van der Waals surface area contributed by atoms with Gasteiger partial charge in [-0.25, -0.2) is 0 Å². The summed E-state index contributed by atoms with van der Waals surface area (Å²) >= 11 is 2.47. The smallest absolute Gasteiger partial charge is 0.0702 e. The van der Waals surface area contributed by atoms with Gasteiger partial charge in [-0.3, -0.25) is 4.98 Å². The van der Waals surface area contributed by atoms with Crippen LogP contribution in [0.4, 0.5) is 0 Å². The monoisotopic (exact) mass is 483 g/mol. The van der Waals surface area contributed by atoms with Crippen LogP contribution in [-0.2, 0) is 4.43 Å². The summed E-state index contributed by atoms with van der Waals surface area (Å²) in [6, 6.07) is 26.6. The Kier molecular flexibility index (Phi) is 3.78. The molecule has 29 heavy (non-hydrogen) atoms. The highest BCUT2D eigenvalue weighted by molar-refractivity contribution is 14.1. The molecule has 0 saturated carbocycles. The highest BCUT2D eigenvalue weighted by Crippen LogP contribution is 2.42. The van der Waals surface area contributed by atoms with E-state index in [4.69, 9.17) is 4.98 Å². The fourth-order valence-electron chi connectivity index (χ4n) is 4.71. The number of benzene rings is 5. The van der Waals surface area contributed by atoms with Crippen LogP contribution in [0.2, 0.25) is 0 Å². The minimum Gasteiger partial charge on any atom is -0.256 e. The van der Waals surface area contributed by atoms with Gasteiger partial charge in [-0.15, -0.1) is 0 Å². The molecule has 6 aromatic rings. The van der Waals surface area contributed by atoms with Crippen molar-refractivity contribution in [2.24, 2.45) is 0 Å². The molecule has 5 aromatic carbocycles. The van der Waals surface area contributed by atoms with E-state index in [1.165, 1.54) is 60.0 Å². The SMILES string of the molecule is Cc1cc(-c2cnc3ccccc3c2)c2ccc3c(CI)ccc4ccc1c2c43. The van der Waals surface area contributed by atoms with Crippen LogP contribution < -0.4 is 0 Å². The number of nitrogens with zero attached hydrogens (tertiary/aromatic N) is 1. The quantitative estimate of drug-likeness (QED) is 0.138. The molecule has 0 spiro atoms. The average Bonchev–Trinajstić information content (AvgIpc) is 2.77. The lowest BCUT2D eigenvalue weighted by Gasteiger charge is -2.17. The first-order valence-corrected chi connectivity index (χ1v) is 11.4. The van der Waals surface area contributed by atoms with Crippen LogP contribution in [0, 0.1) is 6.92 Å². The van der Waals surface area contributed by atoms with Gasteiger partial charge in [-0.2, -0.15) is 0 Å². The molecule has 2 heteroatoms. The largest absolute Gasteiger partial charge is 0.256 e. The lowest BCUT2D eigenvalue weighted by atomic mass is 9.87. The Hall–Kier alpha value is -2.72. The number of hydrogen-bond acceptors (Lipinski definition) is 1. The highest BCUT2D eigenvalue weighted by atomic mass is 127. The zero-order valence-corrected chi connectivity index (χ0v) is 18.2. The summed E-state index contributed by atoms with van der Waals surface area (Å²) in [6.07, 6.45) is 2.02. The van der Waals surface area contributed by atoms with Gasteiger partial charge in [0.15, 0.2) is 0 Å². The lowest BCUT2D eigenvalue weighted by molar-refractivity contribution is 1.41. The molecule has 6 rings (SSSR count). The summed E-state index contributed by atoms with van der Waals surface area (Å²) in [6.45, 7) is 2.23. The summed E-state index contributed by atoms with van der Waals surface area (Å²) < 4.78 is 1.02. The van der Waals surface area contributed by atoms with Crippen LogP contribution in [0.15, 0.2) is 79.0 Å². The molecule has 0 aliphatic rings. The van der Waals surface area contributed by atoms with Crippen molar-refractivity contribution in [3.8, 4) is 11.1 Å². The zero-order valence-electron chi connectivity index (χ0n) is 16.0. The molecule has 1 heterocycles. The summed E-state index contributed by atoms with van der Waals surface area (Å²) in [5, 5.41) is 9.32. The molecular formula is C27H18IN. The maximum atomic E-state index is 4.72. The van der Waals surface area contributed by atoms with Crippen LogP contribution in [0.25, 0.3) is 54.3 Å². The summed E-state index contributed by atoms with van der Waals surface area (Å²) in [5.41, 5.74) is 6.21. The number of para-hydroxylation sites is 1. The number of hydrogen-bond donors (Lipinski definition) is 0. The van der Waals surface area contributed by atoms with E-state index in [0.717, 1.165) is 9.94 Å². The Morgan fingerprint density at radius 2 is 1.55 bits per heavy atom. The molecule has 138 valence electrons. The van der Waals surface area contributed by atoms with Crippen LogP contribution in [0.1, 0.15) is 11.1 Å². The van der Waals surface area contributed by atoms with Crippen LogP contribution >= 0.6 is 22.6 Å². The Morgan fingerprint density at radius 3 is 2.45 bits per heavy atom. The van der Waals surface area contributed by atoms with Crippen molar-refractivity contribution < 1.29 is 0 Å². The standard InChI is InChI=1S/C27H18IN/c1-16-12-24(20-13-18-4-2-3-5-25(18)29-15-20)23-11-10-22-19(14-28)7-6-17-8-9-21(16)27(23)26(17)22/h2-13,15H,14H2,1H3. The molecule has 0 radical (unpaired) electrons. The van der Waals surface area contributed by atoms with Gasteiger partial charge in [0.25, 0.3) is 0 Å². The van der Waals surface area contributed by atoms with E-state index in [2.05, 4.69) is 96.2 Å². The summed E-state index contributed by atoms with van der Waals surface area (Å²) in [4.78, 5) is 4.72. The second kappa shape index (κ2) is 6.39. The third-order valence-electron chi connectivity index (χ3n) is 6.12. The van der Waals surface area contributed by atoms with E-state index >= 15 is 0 Å². The van der Waals surface area contributed by atoms with E-state index < -0.39 is 0 Å². The Balaban J connectivity index is 1.77. The van der Waals surface area contributed by atoms with Gasteiger partial charge in [-0.1, -0.05) is 83.3 Å². The number of halogens is 1. The van der Waals surface area contributed by atoms with E-state index in [-0.39, 0.29) is 0 Å². The predicted molar refractivity (Wildman–Crippen MR) is 133 cm³/mol. The molecule has 0 aliphatic heterocycles. The maximum absolute atomic E-state index is 4.72. The molecular weight excluding hydrogens is 465 g/mol. The van der Waals surface area contributed by atoms with Gasteiger partial charge < -0.3 is 0 Å². The number of rotatable bonds is 2. The first-order chi connectivity index (χ1) is 14.2. The average molecular weight is 483 g/mol. The maximum Gasteiger partial charge on any atom is 0.0702 e. The normalized spacial score (nSPS) is 11.9. The Labute approximate surface area is 182 Å². The minimum atomic E-state index is 1.02. The van der Waals surface area contributed by atoms with Crippen molar-refractivity contribution >= 4 is 65.8 Å². The molecule has 0 bridgehead atoms. The molecule has 1 aromatic heterocycles. The van der Waals surface area contributed by atoms with Gasteiger partial charge in [-0.05, 0) is 68.1 Å². The van der Waals surface area contributed by atoms with E-state index in [0.29, 0.717) is 0 Å². The molecule has 0 fully saturated rings. The Morgan fingerprint density at radius 1 is 0.759 bits per heavy atom. The second-order valence-corrected chi connectivity index (χ2v) is 8.53. The van der Waals surface area contributed by atoms with Crippen LogP contribution in [0.5, 0.6) is 0 Å². The number of fused-ring (bicyclic) bond motifs is 1. The van der Waals surface area contributed by atoms with Gasteiger partial charge in [0.05, 0.1) is 5.52 Å². The fourth-order valence-corrected chi connectivity index (χ4v) is 5.37. The molecule has 1 nitrogen and oxygen atoms in total. The zero-order chi connectivity index (χ0) is 19.5. The van der Waals surface area contributed by atoms with Crippen molar-refractivity contribution in [3.05, 3.63) is 90.1 Å². The van der Waals surface area contributed by atoms with Gasteiger partial charge >= 0.3 is 0 Å². The number of aryl methyl sites for hydroxylation is 1. The van der Waals surface area contributed by atoms with Gasteiger partial charge in [0.2, 0.25) is 0 Å². The molecule has 0 aliphatic carbocycles. The Bertz CT molecular complexity index is 1550. The number of alkyl halides is 1. The topological polar surface area (TPSA) is 12.9 Å². The first-order valence-electron chi connectivity index (χ1n) is 9.86. The first kappa shape index (κ1) is 17.2. The molecule has 0 N–H and O–H groups in total. The molecule has 0 amide bonds. The third kappa shape index (κ3) is 2.48.